The molecule has 94 valence electrons. The Morgan fingerprint density at radius 2 is 2.00 bits per heavy atom. The van der Waals surface area contributed by atoms with E-state index >= 15 is 0 Å². The van der Waals surface area contributed by atoms with E-state index in [1.54, 1.807) is 20.0 Å². The van der Waals surface area contributed by atoms with Gasteiger partial charge in [0.1, 0.15) is 0 Å². The molecule has 0 aliphatic heterocycles. The number of aliphatic hydroxyl groups is 1. The van der Waals surface area contributed by atoms with Gasteiger partial charge in [0, 0.05) is 38.9 Å². The molecule has 1 aromatic rings. The predicted molar refractivity (Wildman–Crippen MR) is 69.4 cm³/mol. The molecule has 0 aliphatic rings. The van der Waals surface area contributed by atoms with Gasteiger partial charge in [-0.3, -0.25) is 4.79 Å². The number of aliphatic hydroxyl groups excluding tert-OH is 1. The standard InChI is InChI=1S/C13H20N2O2/c1-10(16)9-15(4)13(17)11-6-5-7-12(8-11)14(2)3/h5-8,10,16H,9H2,1-4H3. The van der Waals surface area contributed by atoms with Crippen molar-refractivity contribution in [2.24, 2.45) is 0 Å². The first-order valence-electron chi connectivity index (χ1n) is 5.62. The zero-order valence-corrected chi connectivity index (χ0v) is 10.8. The summed E-state index contributed by atoms with van der Waals surface area (Å²) in [5, 5.41) is 9.26. The Kier molecular flexibility index (Phi) is 4.52. The Bertz CT molecular complexity index is 389. The van der Waals surface area contributed by atoms with Crippen LogP contribution in [-0.2, 0) is 0 Å². The fraction of sp³-hybridized carbons (Fsp3) is 0.462. The Morgan fingerprint density at radius 3 is 2.53 bits per heavy atom. The summed E-state index contributed by atoms with van der Waals surface area (Å²) in [6.45, 7) is 2.01. The Labute approximate surface area is 102 Å². The van der Waals surface area contributed by atoms with E-state index in [1.165, 1.54) is 4.90 Å². The van der Waals surface area contributed by atoms with E-state index in [2.05, 4.69) is 0 Å². The van der Waals surface area contributed by atoms with Crippen molar-refractivity contribution < 1.29 is 9.90 Å². The van der Waals surface area contributed by atoms with E-state index < -0.39 is 6.10 Å². The molecule has 0 heterocycles. The van der Waals surface area contributed by atoms with Gasteiger partial charge in [-0.15, -0.1) is 0 Å². The number of nitrogens with zero attached hydrogens (tertiary/aromatic N) is 2. The van der Waals surface area contributed by atoms with Gasteiger partial charge >= 0.3 is 0 Å². The van der Waals surface area contributed by atoms with Crippen LogP contribution in [0.15, 0.2) is 24.3 Å². The largest absolute Gasteiger partial charge is 0.392 e. The SMILES string of the molecule is CC(O)CN(C)C(=O)c1cccc(N(C)C)c1. The molecule has 4 heteroatoms. The molecule has 1 atom stereocenters. The number of carbonyl (C=O) groups excluding carboxylic acids is 1. The summed E-state index contributed by atoms with van der Waals surface area (Å²) in [5.41, 5.74) is 1.63. The van der Waals surface area contributed by atoms with Crippen LogP contribution in [0.5, 0.6) is 0 Å². The minimum atomic E-state index is -0.513. The first-order chi connectivity index (χ1) is 7.91. The molecule has 1 N–H and O–H groups in total. The molecule has 0 fully saturated rings. The van der Waals surface area contributed by atoms with E-state index in [4.69, 9.17) is 0 Å². The lowest BCUT2D eigenvalue weighted by atomic mass is 10.1. The Balaban J connectivity index is 2.85. The molecule has 0 spiro atoms. The molecule has 4 nitrogen and oxygen atoms in total. The lowest BCUT2D eigenvalue weighted by molar-refractivity contribution is 0.0704. The zero-order chi connectivity index (χ0) is 13.0. The number of likely N-dealkylation sites (N-methyl/N-ethyl adjacent to an activating group) is 1. The number of anilines is 1. The van der Waals surface area contributed by atoms with Crippen molar-refractivity contribution in [2.45, 2.75) is 13.0 Å². The molecule has 1 unspecified atom stereocenters. The van der Waals surface area contributed by atoms with Crippen molar-refractivity contribution >= 4 is 11.6 Å². The van der Waals surface area contributed by atoms with Gasteiger partial charge in [-0.1, -0.05) is 6.07 Å². The predicted octanol–water partition coefficient (Wildman–Crippen LogP) is 1.21. The van der Waals surface area contributed by atoms with Gasteiger partial charge in [-0.05, 0) is 25.1 Å². The van der Waals surface area contributed by atoms with E-state index in [0.29, 0.717) is 12.1 Å². The third-order valence-electron chi connectivity index (χ3n) is 2.49. The molecule has 1 amide bonds. The number of rotatable bonds is 4. The van der Waals surface area contributed by atoms with Gasteiger partial charge in [-0.25, -0.2) is 0 Å². The van der Waals surface area contributed by atoms with Crippen LogP contribution in [0.4, 0.5) is 5.69 Å². The summed E-state index contributed by atoms with van der Waals surface area (Å²) in [4.78, 5) is 15.5. The average molecular weight is 236 g/mol. The van der Waals surface area contributed by atoms with Crippen LogP contribution < -0.4 is 4.90 Å². The molecular formula is C13H20N2O2. The van der Waals surface area contributed by atoms with Gasteiger partial charge in [0.25, 0.3) is 5.91 Å². The van der Waals surface area contributed by atoms with Crippen molar-refractivity contribution in [1.82, 2.24) is 4.90 Å². The van der Waals surface area contributed by atoms with Crippen LogP contribution in [0.2, 0.25) is 0 Å². The highest BCUT2D eigenvalue weighted by Gasteiger charge is 2.13. The smallest absolute Gasteiger partial charge is 0.253 e. The van der Waals surface area contributed by atoms with Crippen LogP contribution >= 0.6 is 0 Å². The first kappa shape index (κ1) is 13.5. The third-order valence-corrected chi connectivity index (χ3v) is 2.49. The molecular weight excluding hydrogens is 216 g/mol. The Hall–Kier alpha value is -1.55. The van der Waals surface area contributed by atoms with Gasteiger partial charge < -0.3 is 14.9 Å². The van der Waals surface area contributed by atoms with Gasteiger partial charge in [-0.2, -0.15) is 0 Å². The second-order valence-electron chi connectivity index (χ2n) is 4.48. The summed E-state index contributed by atoms with van der Waals surface area (Å²) in [6, 6.07) is 7.44. The van der Waals surface area contributed by atoms with E-state index in [-0.39, 0.29) is 5.91 Å². The lowest BCUT2D eigenvalue weighted by Gasteiger charge is -2.20. The van der Waals surface area contributed by atoms with Crippen LogP contribution in [0, 0.1) is 0 Å². The molecule has 1 rings (SSSR count). The summed E-state index contributed by atoms with van der Waals surface area (Å²) in [5.74, 6) is -0.0744. The van der Waals surface area contributed by atoms with Crippen molar-refractivity contribution in [2.75, 3.05) is 32.6 Å². The first-order valence-corrected chi connectivity index (χ1v) is 5.62. The molecule has 0 saturated carbocycles. The van der Waals surface area contributed by atoms with Crippen LogP contribution in [0.3, 0.4) is 0 Å². The number of hydrogen-bond donors (Lipinski definition) is 1. The molecule has 0 aromatic heterocycles. The van der Waals surface area contributed by atoms with Gasteiger partial charge in [0.05, 0.1) is 6.10 Å². The van der Waals surface area contributed by atoms with E-state index in [1.807, 2.05) is 37.2 Å². The van der Waals surface area contributed by atoms with Crippen molar-refractivity contribution in [3.05, 3.63) is 29.8 Å². The fourth-order valence-electron chi connectivity index (χ4n) is 1.62. The van der Waals surface area contributed by atoms with Crippen molar-refractivity contribution in [3.63, 3.8) is 0 Å². The molecule has 0 saturated heterocycles. The van der Waals surface area contributed by atoms with Gasteiger partial charge in [0.2, 0.25) is 0 Å². The molecule has 17 heavy (non-hydrogen) atoms. The maximum Gasteiger partial charge on any atom is 0.253 e. The summed E-state index contributed by atoms with van der Waals surface area (Å²) >= 11 is 0. The highest BCUT2D eigenvalue weighted by Crippen LogP contribution is 2.14. The maximum atomic E-state index is 12.1. The monoisotopic (exact) mass is 236 g/mol. The molecule has 0 radical (unpaired) electrons. The van der Waals surface area contributed by atoms with Crippen molar-refractivity contribution in [3.8, 4) is 0 Å². The quantitative estimate of drug-likeness (QED) is 0.854. The summed E-state index contributed by atoms with van der Waals surface area (Å²) < 4.78 is 0. The van der Waals surface area contributed by atoms with Crippen LogP contribution in [-0.4, -0.2) is 49.7 Å². The number of carbonyl (C=O) groups is 1. The average Bonchev–Trinajstić information content (AvgIpc) is 2.27. The highest BCUT2D eigenvalue weighted by molar-refractivity contribution is 5.95. The molecule has 0 bridgehead atoms. The molecule has 1 aromatic carbocycles. The fourth-order valence-corrected chi connectivity index (χ4v) is 1.62. The van der Waals surface area contributed by atoms with Crippen LogP contribution in [0.25, 0.3) is 0 Å². The van der Waals surface area contributed by atoms with E-state index in [0.717, 1.165) is 5.69 Å². The zero-order valence-electron chi connectivity index (χ0n) is 10.8. The number of benzene rings is 1. The number of amides is 1. The maximum absolute atomic E-state index is 12.1. The summed E-state index contributed by atoms with van der Waals surface area (Å²) in [6.07, 6.45) is -0.513. The second kappa shape index (κ2) is 5.68. The third kappa shape index (κ3) is 3.75. The minimum absolute atomic E-state index is 0.0744. The Morgan fingerprint density at radius 1 is 1.35 bits per heavy atom. The highest BCUT2D eigenvalue weighted by atomic mass is 16.3. The minimum Gasteiger partial charge on any atom is -0.392 e. The second-order valence-corrected chi connectivity index (χ2v) is 4.48. The van der Waals surface area contributed by atoms with E-state index in [9.17, 15) is 9.90 Å². The topological polar surface area (TPSA) is 43.8 Å². The lowest BCUT2D eigenvalue weighted by Crippen LogP contribution is -2.33. The summed E-state index contributed by atoms with van der Waals surface area (Å²) in [7, 11) is 5.56. The number of hydrogen-bond acceptors (Lipinski definition) is 3. The van der Waals surface area contributed by atoms with Crippen LogP contribution in [0.1, 0.15) is 17.3 Å². The van der Waals surface area contributed by atoms with Crippen molar-refractivity contribution in [1.29, 1.82) is 0 Å². The van der Waals surface area contributed by atoms with Gasteiger partial charge in [0.15, 0.2) is 0 Å². The normalized spacial score (nSPS) is 12.1. The molecule has 0 aliphatic carbocycles.